The van der Waals surface area contributed by atoms with Crippen molar-refractivity contribution in [1.82, 2.24) is 5.32 Å². The molecule has 0 heterocycles. The molecule has 0 saturated heterocycles. The molecule has 2 nitrogen and oxygen atoms in total. The summed E-state index contributed by atoms with van der Waals surface area (Å²) in [6.45, 7) is 6.22. The number of hydrogen-bond acceptors (Lipinski definition) is 2. The molecule has 0 radical (unpaired) electrons. The van der Waals surface area contributed by atoms with E-state index in [0.717, 1.165) is 11.4 Å². The zero-order valence-electron chi connectivity index (χ0n) is 10.1. The Kier molecular flexibility index (Phi) is 4.78. The smallest absolute Gasteiger partial charge is 0.0607 e. The molecule has 0 aliphatic rings. The fourth-order valence-corrected chi connectivity index (χ4v) is 1.99. The first-order valence-electron chi connectivity index (χ1n) is 5.56. The summed E-state index contributed by atoms with van der Waals surface area (Å²) in [6.07, 6.45) is 0.907. The fourth-order valence-electron chi connectivity index (χ4n) is 1.78. The van der Waals surface area contributed by atoms with Gasteiger partial charge in [0.15, 0.2) is 0 Å². The maximum atomic E-state index is 9.17. The summed E-state index contributed by atoms with van der Waals surface area (Å²) in [5, 5.41) is 13.3. The molecule has 0 aliphatic heterocycles. The van der Waals surface area contributed by atoms with Crippen molar-refractivity contribution in [3.8, 4) is 0 Å². The number of aliphatic hydroxyl groups is 1. The van der Waals surface area contributed by atoms with E-state index in [1.807, 2.05) is 32.0 Å². The van der Waals surface area contributed by atoms with Gasteiger partial charge in [0.2, 0.25) is 0 Å². The average Bonchev–Trinajstić information content (AvgIpc) is 2.16. The lowest BCUT2D eigenvalue weighted by Gasteiger charge is -2.28. The third-order valence-electron chi connectivity index (χ3n) is 2.46. The third kappa shape index (κ3) is 4.52. The van der Waals surface area contributed by atoms with Crippen LogP contribution in [-0.4, -0.2) is 23.3 Å². The van der Waals surface area contributed by atoms with E-state index in [1.54, 1.807) is 0 Å². The van der Waals surface area contributed by atoms with Gasteiger partial charge < -0.3 is 10.4 Å². The van der Waals surface area contributed by atoms with Crippen molar-refractivity contribution < 1.29 is 5.11 Å². The van der Waals surface area contributed by atoms with Crippen LogP contribution in [0.2, 0.25) is 5.02 Å². The molecule has 0 spiro atoms. The second kappa shape index (κ2) is 5.67. The van der Waals surface area contributed by atoms with Crippen LogP contribution in [0.15, 0.2) is 24.3 Å². The second-order valence-corrected chi connectivity index (χ2v) is 5.36. The molecule has 90 valence electrons. The summed E-state index contributed by atoms with van der Waals surface area (Å²) >= 11 is 5.93. The zero-order valence-corrected chi connectivity index (χ0v) is 10.9. The number of nitrogens with one attached hydrogen (secondary N) is 1. The van der Waals surface area contributed by atoms with Crippen LogP contribution < -0.4 is 5.32 Å². The maximum absolute atomic E-state index is 9.17. The van der Waals surface area contributed by atoms with Gasteiger partial charge in [-0.1, -0.05) is 23.7 Å². The summed E-state index contributed by atoms with van der Waals surface area (Å²) in [5.41, 5.74) is 0.971. The van der Waals surface area contributed by atoms with Crippen LogP contribution >= 0.6 is 11.6 Å². The van der Waals surface area contributed by atoms with E-state index in [0.29, 0.717) is 6.04 Å². The molecule has 0 saturated carbocycles. The van der Waals surface area contributed by atoms with Crippen LogP contribution in [0.4, 0.5) is 0 Å². The standard InChI is InChI=1S/C13H20ClNO/c1-10(15-13(2,3)9-16)7-11-5-4-6-12(14)8-11/h4-6,8,10,15-16H,7,9H2,1-3H3. The highest BCUT2D eigenvalue weighted by Crippen LogP contribution is 2.13. The van der Waals surface area contributed by atoms with Gasteiger partial charge in [-0.05, 0) is 44.9 Å². The number of aliphatic hydroxyl groups excluding tert-OH is 1. The van der Waals surface area contributed by atoms with Gasteiger partial charge in [0.25, 0.3) is 0 Å². The van der Waals surface area contributed by atoms with Gasteiger partial charge >= 0.3 is 0 Å². The molecular formula is C13H20ClNO. The van der Waals surface area contributed by atoms with E-state index < -0.39 is 0 Å². The van der Waals surface area contributed by atoms with E-state index in [2.05, 4.69) is 18.3 Å². The van der Waals surface area contributed by atoms with Crippen LogP contribution in [0.3, 0.4) is 0 Å². The summed E-state index contributed by atoms with van der Waals surface area (Å²) in [6, 6.07) is 8.19. The molecule has 0 aliphatic carbocycles. The van der Waals surface area contributed by atoms with Crippen LogP contribution in [-0.2, 0) is 6.42 Å². The van der Waals surface area contributed by atoms with Gasteiger partial charge in [0.05, 0.1) is 6.61 Å². The molecule has 0 fully saturated rings. The summed E-state index contributed by atoms with van der Waals surface area (Å²) < 4.78 is 0. The SMILES string of the molecule is CC(Cc1cccc(Cl)c1)NC(C)(C)CO. The third-order valence-corrected chi connectivity index (χ3v) is 2.70. The summed E-state index contributed by atoms with van der Waals surface area (Å²) in [7, 11) is 0. The molecular weight excluding hydrogens is 222 g/mol. The minimum atomic E-state index is -0.238. The molecule has 2 N–H and O–H groups in total. The topological polar surface area (TPSA) is 32.3 Å². The van der Waals surface area contributed by atoms with Gasteiger partial charge in [0, 0.05) is 16.6 Å². The molecule has 0 amide bonds. The van der Waals surface area contributed by atoms with Crippen LogP contribution in [0.5, 0.6) is 0 Å². The monoisotopic (exact) mass is 241 g/mol. The predicted octanol–water partition coefficient (Wildman–Crippen LogP) is 2.63. The van der Waals surface area contributed by atoms with Gasteiger partial charge in [-0.25, -0.2) is 0 Å². The Hall–Kier alpha value is -0.570. The van der Waals surface area contributed by atoms with Crippen molar-refractivity contribution in [1.29, 1.82) is 0 Å². The van der Waals surface area contributed by atoms with Crippen molar-refractivity contribution in [2.24, 2.45) is 0 Å². The Balaban J connectivity index is 2.55. The minimum absolute atomic E-state index is 0.132. The van der Waals surface area contributed by atoms with Gasteiger partial charge in [-0.15, -0.1) is 0 Å². The zero-order chi connectivity index (χ0) is 12.2. The van der Waals surface area contributed by atoms with Gasteiger partial charge in [0.1, 0.15) is 0 Å². The number of rotatable bonds is 5. The van der Waals surface area contributed by atoms with Gasteiger partial charge in [-0.3, -0.25) is 0 Å². The summed E-state index contributed by atoms with van der Waals surface area (Å²) in [5.74, 6) is 0. The van der Waals surface area contributed by atoms with Crippen molar-refractivity contribution in [2.75, 3.05) is 6.61 Å². The highest BCUT2D eigenvalue weighted by Gasteiger charge is 2.18. The molecule has 0 bridgehead atoms. The first-order chi connectivity index (χ1) is 7.43. The lowest BCUT2D eigenvalue weighted by atomic mass is 10.0. The Bertz CT molecular complexity index is 338. The Morgan fingerprint density at radius 3 is 2.69 bits per heavy atom. The molecule has 1 atom stereocenters. The average molecular weight is 242 g/mol. The van der Waals surface area contributed by atoms with Crippen molar-refractivity contribution in [3.05, 3.63) is 34.9 Å². The first kappa shape index (κ1) is 13.5. The van der Waals surface area contributed by atoms with E-state index in [4.69, 9.17) is 16.7 Å². The highest BCUT2D eigenvalue weighted by atomic mass is 35.5. The Labute approximate surface area is 103 Å². The second-order valence-electron chi connectivity index (χ2n) is 4.92. The number of benzene rings is 1. The van der Waals surface area contributed by atoms with Crippen molar-refractivity contribution in [3.63, 3.8) is 0 Å². The van der Waals surface area contributed by atoms with E-state index in [9.17, 15) is 0 Å². The maximum Gasteiger partial charge on any atom is 0.0607 e. The lowest BCUT2D eigenvalue weighted by molar-refractivity contribution is 0.177. The van der Waals surface area contributed by atoms with Crippen molar-refractivity contribution in [2.45, 2.75) is 38.8 Å². The Morgan fingerprint density at radius 1 is 1.44 bits per heavy atom. The van der Waals surface area contributed by atoms with Gasteiger partial charge in [-0.2, -0.15) is 0 Å². The summed E-state index contributed by atoms with van der Waals surface area (Å²) in [4.78, 5) is 0. The normalized spacial score (nSPS) is 13.8. The number of halogens is 1. The minimum Gasteiger partial charge on any atom is -0.394 e. The fraction of sp³-hybridized carbons (Fsp3) is 0.538. The van der Waals surface area contributed by atoms with E-state index >= 15 is 0 Å². The van der Waals surface area contributed by atoms with Crippen LogP contribution in [0.25, 0.3) is 0 Å². The predicted molar refractivity (Wildman–Crippen MR) is 68.9 cm³/mol. The quantitative estimate of drug-likeness (QED) is 0.831. The largest absolute Gasteiger partial charge is 0.394 e. The van der Waals surface area contributed by atoms with Crippen LogP contribution in [0, 0.1) is 0 Å². The van der Waals surface area contributed by atoms with Crippen LogP contribution in [0.1, 0.15) is 26.3 Å². The number of hydrogen-bond donors (Lipinski definition) is 2. The van der Waals surface area contributed by atoms with Crippen molar-refractivity contribution >= 4 is 11.6 Å². The molecule has 0 aromatic heterocycles. The molecule has 1 rings (SSSR count). The first-order valence-corrected chi connectivity index (χ1v) is 5.94. The molecule has 16 heavy (non-hydrogen) atoms. The van der Waals surface area contributed by atoms with E-state index in [-0.39, 0.29) is 12.1 Å². The molecule has 1 aromatic carbocycles. The molecule has 3 heteroatoms. The highest BCUT2D eigenvalue weighted by molar-refractivity contribution is 6.30. The van der Waals surface area contributed by atoms with E-state index in [1.165, 1.54) is 5.56 Å². The Morgan fingerprint density at radius 2 is 2.12 bits per heavy atom. The lowest BCUT2D eigenvalue weighted by Crippen LogP contribution is -2.48. The molecule has 1 aromatic rings. The molecule has 1 unspecified atom stereocenters.